The predicted molar refractivity (Wildman–Crippen MR) is 96.3 cm³/mol. The molecule has 1 aliphatic rings. The summed E-state index contributed by atoms with van der Waals surface area (Å²) in [5.41, 5.74) is 1.78. The maximum Gasteiger partial charge on any atom is 0.272 e. The Morgan fingerprint density at radius 2 is 1.84 bits per heavy atom. The Balaban J connectivity index is 1.83. The lowest BCUT2D eigenvalue weighted by Gasteiger charge is -2.26. The summed E-state index contributed by atoms with van der Waals surface area (Å²) >= 11 is 0. The first-order valence-electron chi connectivity index (χ1n) is 8.56. The number of ketones is 1. The molecule has 1 amide bonds. The molecule has 1 fully saturated rings. The molecule has 1 aliphatic heterocycles. The first-order valence-corrected chi connectivity index (χ1v) is 8.56. The Kier molecular flexibility index (Phi) is 5.07. The van der Waals surface area contributed by atoms with Gasteiger partial charge in [0.05, 0.1) is 0 Å². The smallest absolute Gasteiger partial charge is 0.272 e. The fourth-order valence-electron chi connectivity index (χ4n) is 2.96. The second-order valence-corrected chi connectivity index (χ2v) is 6.30. The third-order valence-corrected chi connectivity index (χ3v) is 4.24. The molecule has 0 radical (unpaired) electrons. The number of aryl methyl sites for hydroxylation is 1. The third kappa shape index (κ3) is 4.21. The van der Waals surface area contributed by atoms with Gasteiger partial charge in [-0.15, -0.1) is 0 Å². The molecule has 1 aromatic carbocycles. The van der Waals surface area contributed by atoms with Crippen LogP contribution in [0, 0.1) is 6.92 Å². The van der Waals surface area contributed by atoms with Gasteiger partial charge in [-0.3, -0.25) is 9.59 Å². The summed E-state index contributed by atoms with van der Waals surface area (Å²) in [5.74, 6) is 1.04. The molecule has 2 heterocycles. The molecule has 0 aliphatic carbocycles. The number of likely N-dealkylation sites (tertiary alicyclic amines) is 1. The minimum absolute atomic E-state index is 0.00323. The van der Waals surface area contributed by atoms with Crippen molar-refractivity contribution in [2.75, 3.05) is 18.4 Å². The van der Waals surface area contributed by atoms with E-state index in [4.69, 9.17) is 0 Å². The third-order valence-electron chi connectivity index (χ3n) is 4.24. The van der Waals surface area contributed by atoms with Crippen molar-refractivity contribution in [3.8, 4) is 0 Å². The standard InChI is InChI=1S/C19H22N4O2/c1-13(24)15-7-6-8-16(11-15)22-18-12-17(20-14(2)21-18)19(25)23-9-4-3-5-10-23/h6-8,11-12H,3-5,9-10H2,1-2H3,(H,20,21,22). The van der Waals surface area contributed by atoms with E-state index >= 15 is 0 Å². The molecule has 0 unspecified atom stereocenters. The lowest BCUT2D eigenvalue weighted by molar-refractivity contribution is 0.0718. The molecule has 6 heteroatoms. The summed E-state index contributed by atoms with van der Waals surface area (Å²) in [5, 5.41) is 3.16. The number of carbonyl (C=O) groups is 2. The van der Waals surface area contributed by atoms with Crippen molar-refractivity contribution in [2.24, 2.45) is 0 Å². The van der Waals surface area contributed by atoms with Crippen molar-refractivity contribution in [2.45, 2.75) is 33.1 Å². The van der Waals surface area contributed by atoms with Gasteiger partial charge in [-0.25, -0.2) is 9.97 Å². The highest BCUT2D eigenvalue weighted by Crippen LogP contribution is 2.19. The van der Waals surface area contributed by atoms with Crippen molar-refractivity contribution in [1.82, 2.24) is 14.9 Å². The first-order chi connectivity index (χ1) is 12.0. The van der Waals surface area contributed by atoms with Gasteiger partial charge in [0.25, 0.3) is 5.91 Å². The number of nitrogens with one attached hydrogen (secondary N) is 1. The number of nitrogens with zero attached hydrogens (tertiary/aromatic N) is 3. The number of amides is 1. The molecule has 0 saturated carbocycles. The Labute approximate surface area is 147 Å². The van der Waals surface area contributed by atoms with Gasteiger partial charge >= 0.3 is 0 Å². The number of carbonyl (C=O) groups excluding carboxylic acids is 2. The average molecular weight is 338 g/mol. The number of hydrogen-bond acceptors (Lipinski definition) is 5. The molecular formula is C19H22N4O2. The summed E-state index contributed by atoms with van der Waals surface area (Å²) in [6.45, 7) is 4.87. The minimum Gasteiger partial charge on any atom is -0.340 e. The number of aromatic nitrogens is 2. The average Bonchev–Trinajstić information content (AvgIpc) is 2.61. The van der Waals surface area contributed by atoms with E-state index in [9.17, 15) is 9.59 Å². The highest BCUT2D eigenvalue weighted by molar-refractivity contribution is 5.95. The molecule has 1 N–H and O–H groups in total. The summed E-state index contributed by atoms with van der Waals surface area (Å²) in [4.78, 5) is 34.7. The van der Waals surface area contributed by atoms with Crippen LogP contribution in [0.1, 0.15) is 52.9 Å². The second-order valence-electron chi connectivity index (χ2n) is 6.30. The first kappa shape index (κ1) is 17.1. The number of hydrogen-bond donors (Lipinski definition) is 1. The van der Waals surface area contributed by atoms with Crippen LogP contribution in [0.25, 0.3) is 0 Å². The van der Waals surface area contributed by atoms with Crippen molar-refractivity contribution in [3.63, 3.8) is 0 Å². The van der Waals surface area contributed by atoms with Crippen LogP contribution >= 0.6 is 0 Å². The number of benzene rings is 1. The number of anilines is 2. The van der Waals surface area contributed by atoms with Crippen LogP contribution < -0.4 is 5.32 Å². The van der Waals surface area contributed by atoms with Gasteiger partial charge in [-0.1, -0.05) is 12.1 Å². The van der Waals surface area contributed by atoms with Crippen LogP contribution in [-0.2, 0) is 0 Å². The van der Waals surface area contributed by atoms with Crippen molar-refractivity contribution in [3.05, 3.63) is 47.4 Å². The van der Waals surface area contributed by atoms with Crippen LogP contribution in [-0.4, -0.2) is 39.6 Å². The Hall–Kier alpha value is -2.76. The van der Waals surface area contributed by atoms with E-state index in [2.05, 4.69) is 15.3 Å². The van der Waals surface area contributed by atoms with E-state index in [-0.39, 0.29) is 11.7 Å². The van der Waals surface area contributed by atoms with Gasteiger partial charge < -0.3 is 10.2 Å². The number of Topliss-reactive ketones (excluding diaryl/α,β-unsaturated/α-hetero) is 1. The fourth-order valence-corrected chi connectivity index (χ4v) is 2.96. The minimum atomic E-state index is -0.0502. The van der Waals surface area contributed by atoms with E-state index in [1.165, 1.54) is 13.3 Å². The molecule has 0 bridgehead atoms. The van der Waals surface area contributed by atoms with Gasteiger partial charge in [0.2, 0.25) is 0 Å². The van der Waals surface area contributed by atoms with Crippen molar-refractivity contribution >= 4 is 23.2 Å². The van der Waals surface area contributed by atoms with Crippen LogP contribution in [0.5, 0.6) is 0 Å². The topological polar surface area (TPSA) is 75.2 Å². The lowest BCUT2D eigenvalue weighted by atomic mass is 10.1. The van der Waals surface area contributed by atoms with Crippen LogP contribution in [0.15, 0.2) is 30.3 Å². The van der Waals surface area contributed by atoms with E-state index in [0.717, 1.165) is 31.6 Å². The Morgan fingerprint density at radius 3 is 2.56 bits per heavy atom. The molecule has 1 aromatic heterocycles. The van der Waals surface area contributed by atoms with Gasteiger partial charge in [0.15, 0.2) is 5.78 Å². The normalized spacial score (nSPS) is 14.2. The maximum absolute atomic E-state index is 12.7. The zero-order valence-electron chi connectivity index (χ0n) is 14.6. The maximum atomic E-state index is 12.7. The molecule has 3 rings (SSSR count). The lowest BCUT2D eigenvalue weighted by Crippen LogP contribution is -2.36. The van der Waals surface area contributed by atoms with Crippen LogP contribution in [0.4, 0.5) is 11.5 Å². The molecule has 2 aromatic rings. The molecular weight excluding hydrogens is 316 g/mol. The molecule has 25 heavy (non-hydrogen) atoms. The molecule has 130 valence electrons. The van der Waals surface area contributed by atoms with Crippen molar-refractivity contribution in [1.29, 1.82) is 0 Å². The highest BCUT2D eigenvalue weighted by Gasteiger charge is 2.20. The van der Waals surface area contributed by atoms with E-state index in [0.29, 0.717) is 22.9 Å². The zero-order chi connectivity index (χ0) is 17.8. The van der Waals surface area contributed by atoms with Gasteiger partial charge in [0.1, 0.15) is 17.3 Å². The Bertz CT molecular complexity index is 798. The predicted octanol–water partition coefficient (Wildman–Crippen LogP) is 3.36. The fraction of sp³-hybridized carbons (Fsp3) is 0.368. The van der Waals surface area contributed by atoms with Gasteiger partial charge in [-0.05, 0) is 45.2 Å². The molecule has 1 saturated heterocycles. The molecule has 6 nitrogen and oxygen atoms in total. The van der Waals surface area contributed by atoms with Crippen molar-refractivity contribution < 1.29 is 9.59 Å². The molecule has 0 atom stereocenters. The van der Waals surface area contributed by atoms with Gasteiger partial charge in [-0.2, -0.15) is 0 Å². The second kappa shape index (κ2) is 7.42. The SMILES string of the molecule is CC(=O)c1cccc(Nc2cc(C(=O)N3CCCCC3)nc(C)n2)c1. The van der Waals surface area contributed by atoms with Crippen LogP contribution in [0.2, 0.25) is 0 Å². The quantitative estimate of drug-likeness (QED) is 0.865. The van der Waals surface area contributed by atoms with E-state index in [1.54, 1.807) is 25.1 Å². The summed E-state index contributed by atoms with van der Waals surface area (Å²) in [7, 11) is 0. The van der Waals surface area contributed by atoms with E-state index in [1.807, 2.05) is 17.0 Å². The monoisotopic (exact) mass is 338 g/mol. The highest BCUT2D eigenvalue weighted by atomic mass is 16.2. The number of piperidine rings is 1. The summed E-state index contributed by atoms with van der Waals surface area (Å²) < 4.78 is 0. The van der Waals surface area contributed by atoms with E-state index < -0.39 is 0 Å². The molecule has 0 spiro atoms. The Morgan fingerprint density at radius 1 is 1.08 bits per heavy atom. The van der Waals surface area contributed by atoms with Crippen LogP contribution in [0.3, 0.4) is 0 Å². The largest absolute Gasteiger partial charge is 0.340 e. The summed E-state index contributed by atoms with van der Waals surface area (Å²) in [6.07, 6.45) is 3.25. The van der Waals surface area contributed by atoms with Gasteiger partial charge in [0, 0.05) is 30.4 Å². The summed E-state index contributed by atoms with van der Waals surface area (Å²) in [6, 6.07) is 8.88. The number of rotatable bonds is 4. The zero-order valence-corrected chi connectivity index (χ0v) is 14.6.